The number of benzene rings is 1. The molecule has 1 aromatic carbocycles. The van der Waals surface area contributed by atoms with Crippen molar-refractivity contribution in [3.63, 3.8) is 0 Å². The van der Waals surface area contributed by atoms with Gasteiger partial charge in [-0.05, 0) is 12.0 Å². The Morgan fingerprint density at radius 2 is 2.14 bits per heavy atom. The number of nitrogens with two attached hydrogens (primary N) is 1. The van der Waals surface area contributed by atoms with Gasteiger partial charge in [0.1, 0.15) is 11.6 Å². The highest BCUT2D eigenvalue weighted by Gasteiger charge is 2.16. The Morgan fingerprint density at radius 3 is 2.64 bits per heavy atom. The van der Waals surface area contributed by atoms with Crippen LogP contribution in [-0.4, -0.2) is 5.11 Å². The molecule has 78 valence electrons. The van der Waals surface area contributed by atoms with Crippen LogP contribution in [0.2, 0.25) is 0 Å². The molecule has 0 spiro atoms. The minimum atomic E-state index is -0.433. The van der Waals surface area contributed by atoms with Crippen LogP contribution < -0.4 is 5.73 Å². The quantitative estimate of drug-likeness (QED) is 0.782. The summed E-state index contributed by atoms with van der Waals surface area (Å²) in [6.45, 7) is 4.00. The Morgan fingerprint density at radius 1 is 1.50 bits per heavy atom. The topological polar surface area (TPSA) is 46.2 Å². The molecule has 0 aliphatic heterocycles. The van der Waals surface area contributed by atoms with E-state index in [2.05, 4.69) is 0 Å². The minimum Gasteiger partial charge on any atom is -0.508 e. The average molecular weight is 197 g/mol. The summed E-state index contributed by atoms with van der Waals surface area (Å²) in [6.07, 6.45) is 0.904. The first kappa shape index (κ1) is 11.0. The van der Waals surface area contributed by atoms with Crippen molar-refractivity contribution < 1.29 is 9.50 Å². The molecule has 3 N–H and O–H groups in total. The Balaban J connectivity index is 2.95. The standard InChI is InChI=1S/C11H16FNO/c1-3-7(2)11(13)9-5-4-8(14)6-10(9)12/h4-7,11,14H,3,13H2,1-2H3/t7?,11-/m0/s1. The smallest absolute Gasteiger partial charge is 0.131 e. The van der Waals surface area contributed by atoms with Gasteiger partial charge in [-0.25, -0.2) is 4.39 Å². The fraction of sp³-hybridized carbons (Fsp3) is 0.455. The molecule has 0 aliphatic rings. The highest BCUT2D eigenvalue weighted by atomic mass is 19.1. The maximum absolute atomic E-state index is 13.4. The van der Waals surface area contributed by atoms with Crippen LogP contribution in [0.4, 0.5) is 4.39 Å². The number of hydrogen-bond donors (Lipinski definition) is 2. The first-order valence-electron chi connectivity index (χ1n) is 4.80. The molecule has 1 rings (SSSR count). The Bertz CT molecular complexity index is 314. The normalized spacial score (nSPS) is 15.1. The lowest BCUT2D eigenvalue weighted by atomic mass is 9.93. The summed E-state index contributed by atoms with van der Waals surface area (Å²) in [5.41, 5.74) is 6.35. The molecule has 1 aromatic rings. The number of rotatable bonds is 3. The highest BCUT2D eigenvalue weighted by molar-refractivity contribution is 5.29. The van der Waals surface area contributed by atoms with Crippen molar-refractivity contribution in [2.24, 2.45) is 11.7 Å². The van der Waals surface area contributed by atoms with Gasteiger partial charge in [-0.2, -0.15) is 0 Å². The number of phenols is 1. The van der Waals surface area contributed by atoms with Gasteiger partial charge in [-0.15, -0.1) is 0 Å². The van der Waals surface area contributed by atoms with Crippen LogP contribution in [0.5, 0.6) is 5.75 Å². The van der Waals surface area contributed by atoms with Crippen LogP contribution in [0, 0.1) is 11.7 Å². The zero-order chi connectivity index (χ0) is 10.7. The van der Waals surface area contributed by atoms with Crippen molar-refractivity contribution in [2.45, 2.75) is 26.3 Å². The molecule has 0 bridgehead atoms. The van der Waals surface area contributed by atoms with Crippen molar-refractivity contribution in [2.75, 3.05) is 0 Å². The first-order valence-corrected chi connectivity index (χ1v) is 4.80. The lowest BCUT2D eigenvalue weighted by Crippen LogP contribution is -2.19. The van der Waals surface area contributed by atoms with Gasteiger partial charge < -0.3 is 10.8 Å². The Hall–Kier alpha value is -1.09. The van der Waals surface area contributed by atoms with Gasteiger partial charge in [0.25, 0.3) is 0 Å². The van der Waals surface area contributed by atoms with Crippen molar-refractivity contribution in [1.82, 2.24) is 0 Å². The lowest BCUT2D eigenvalue weighted by molar-refractivity contribution is 0.432. The molecule has 0 radical (unpaired) electrons. The van der Waals surface area contributed by atoms with Gasteiger partial charge in [0.2, 0.25) is 0 Å². The lowest BCUT2D eigenvalue weighted by Gasteiger charge is -2.19. The molecule has 3 heteroatoms. The summed E-state index contributed by atoms with van der Waals surface area (Å²) < 4.78 is 13.4. The SMILES string of the molecule is CCC(C)[C@H](N)c1ccc(O)cc1F. The van der Waals surface area contributed by atoms with E-state index in [0.29, 0.717) is 5.56 Å². The van der Waals surface area contributed by atoms with E-state index in [1.54, 1.807) is 6.07 Å². The minimum absolute atomic E-state index is 0.0670. The van der Waals surface area contributed by atoms with E-state index >= 15 is 0 Å². The van der Waals surface area contributed by atoms with Crippen LogP contribution in [0.3, 0.4) is 0 Å². The summed E-state index contributed by atoms with van der Waals surface area (Å²) in [7, 11) is 0. The fourth-order valence-electron chi connectivity index (χ4n) is 1.35. The Labute approximate surface area is 83.6 Å². The van der Waals surface area contributed by atoms with Gasteiger partial charge >= 0.3 is 0 Å². The molecular weight excluding hydrogens is 181 g/mol. The Kier molecular flexibility index (Phi) is 3.47. The van der Waals surface area contributed by atoms with Gasteiger partial charge in [0.15, 0.2) is 0 Å². The number of phenolic OH excluding ortho intramolecular Hbond substituents is 1. The van der Waals surface area contributed by atoms with Crippen LogP contribution in [0.25, 0.3) is 0 Å². The maximum atomic E-state index is 13.4. The third-order valence-corrected chi connectivity index (χ3v) is 2.60. The van der Waals surface area contributed by atoms with E-state index in [0.717, 1.165) is 12.5 Å². The van der Waals surface area contributed by atoms with Crippen molar-refractivity contribution in [1.29, 1.82) is 0 Å². The molecule has 0 aromatic heterocycles. The molecule has 0 heterocycles. The largest absolute Gasteiger partial charge is 0.508 e. The molecule has 1 unspecified atom stereocenters. The summed E-state index contributed by atoms with van der Waals surface area (Å²) in [5.74, 6) is -0.269. The molecule has 0 saturated carbocycles. The summed E-state index contributed by atoms with van der Waals surface area (Å²) in [4.78, 5) is 0. The molecule has 2 atom stereocenters. The fourth-order valence-corrected chi connectivity index (χ4v) is 1.35. The number of hydrogen-bond acceptors (Lipinski definition) is 2. The maximum Gasteiger partial charge on any atom is 0.131 e. The predicted octanol–water partition coefficient (Wildman–Crippen LogP) is 2.58. The van der Waals surface area contributed by atoms with Crippen LogP contribution in [0.1, 0.15) is 31.9 Å². The van der Waals surface area contributed by atoms with E-state index in [1.807, 2.05) is 13.8 Å². The van der Waals surface area contributed by atoms with Crippen LogP contribution in [-0.2, 0) is 0 Å². The van der Waals surface area contributed by atoms with Crippen LogP contribution >= 0.6 is 0 Å². The second-order valence-electron chi connectivity index (χ2n) is 3.62. The highest BCUT2D eigenvalue weighted by Crippen LogP contribution is 2.26. The van der Waals surface area contributed by atoms with Gasteiger partial charge in [-0.3, -0.25) is 0 Å². The van der Waals surface area contributed by atoms with Gasteiger partial charge in [0, 0.05) is 17.7 Å². The van der Waals surface area contributed by atoms with E-state index in [-0.39, 0.29) is 17.7 Å². The van der Waals surface area contributed by atoms with Crippen LogP contribution in [0.15, 0.2) is 18.2 Å². The second kappa shape index (κ2) is 4.42. The second-order valence-corrected chi connectivity index (χ2v) is 3.62. The van der Waals surface area contributed by atoms with Crippen molar-refractivity contribution in [3.05, 3.63) is 29.6 Å². The number of halogens is 1. The third-order valence-electron chi connectivity index (χ3n) is 2.60. The van der Waals surface area contributed by atoms with E-state index in [1.165, 1.54) is 6.07 Å². The summed E-state index contributed by atoms with van der Waals surface area (Å²) in [6, 6.07) is 3.79. The monoisotopic (exact) mass is 197 g/mol. The average Bonchev–Trinajstić information content (AvgIpc) is 2.15. The molecule has 0 amide bonds. The van der Waals surface area contributed by atoms with Crippen molar-refractivity contribution >= 4 is 0 Å². The molecule has 0 aliphatic carbocycles. The number of aromatic hydroxyl groups is 1. The van der Waals surface area contributed by atoms with Crippen molar-refractivity contribution in [3.8, 4) is 5.75 Å². The predicted molar refractivity (Wildman–Crippen MR) is 54.4 cm³/mol. The van der Waals surface area contributed by atoms with E-state index < -0.39 is 5.82 Å². The van der Waals surface area contributed by atoms with Gasteiger partial charge in [0.05, 0.1) is 0 Å². The van der Waals surface area contributed by atoms with Gasteiger partial charge in [-0.1, -0.05) is 26.3 Å². The molecule has 0 saturated heterocycles. The third kappa shape index (κ3) is 2.23. The zero-order valence-corrected chi connectivity index (χ0v) is 8.50. The molecule has 2 nitrogen and oxygen atoms in total. The zero-order valence-electron chi connectivity index (χ0n) is 8.50. The summed E-state index contributed by atoms with van der Waals surface area (Å²) >= 11 is 0. The first-order chi connectivity index (χ1) is 6.56. The molecule has 0 fully saturated rings. The molecular formula is C11H16FNO. The van der Waals surface area contributed by atoms with E-state index in [9.17, 15) is 4.39 Å². The summed E-state index contributed by atoms with van der Waals surface area (Å²) in [5, 5.41) is 9.03. The van der Waals surface area contributed by atoms with E-state index in [4.69, 9.17) is 10.8 Å². The molecule has 14 heavy (non-hydrogen) atoms.